The van der Waals surface area contributed by atoms with Crippen molar-refractivity contribution in [3.8, 4) is 5.75 Å². The summed E-state index contributed by atoms with van der Waals surface area (Å²) in [5, 5.41) is 9.75. The minimum absolute atomic E-state index is 0.0478. The first-order chi connectivity index (χ1) is 12.6. The van der Waals surface area contributed by atoms with Crippen LogP contribution in [0.4, 0.5) is 0 Å². The van der Waals surface area contributed by atoms with E-state index < -0.39 is 12.0 Å². The molecule has 3 rings (SSSR count). The summed E-state index contributed by atoms with van der Waals surface area (Å²) in [4.78, 5) is 26.4. The van der Waals surface area contributed by atoms with Crippen LogP contribution in [0.1, 0.15) is 34.8 Å². The van der Waals surface area contributed by atoms with Crippen LogP contribution in [0.3, 0.4) is 0 Å². The van der Waals surface area contributed by atoms with E-state index in [4.69, 9.17) is 4.74 Å². The molecule has 1 heterocycles. The van der Waals surface area contributed by atoms with Crippen LogP contribution in [0, 0.1) is 5.92 Å². The number of methoxy groups -OCH3 is 1. The number of nitrogens with zero attached hydrogens (tertiary/aromatic N) is 1. The molecule has 1 saturated heterocycles. The van der Waals surface area contributed by atoms with Gasteiger partial charge in [0, 0.05) is 11.5 Å². The number of rotatable bonds is 6. The number of carboxylic acids is 1. The Labute approximate surface area is 153 Å². The maximum atomic E-state index is 12.6. The van der Waals surface area contributed by atoms with Crippen LogP contribution in [0.25, 0.3) is 0 Å². The van der Waals surface area contributed by atoms with Gasteiger partial charge in [-0.15, -0.1) is 0 Å². The SMILES string of the molecule is COc1cccc(C(C(=O)O)N2CCC(C(=O)c3ccccc3)CC2)c1. The van der Waals surface area contributed by atoms with Gasteiger partial charge < -0.3 is 9.84 Å². The molecule has 26 heavy (non-hydrogen) atoms. The Hall–Kier alpha value is -2.66. The van der Waals surface area contributed by atoms with Crippen molar-refractivity contribution in [2.45, 2.75) is 18.9 Å². The molecule has 1 unspecified atom stereocenters. The molecular weight excluding hydrogens is 330 g/mol. The molecule has 1 aliphatic rings. The van der Waals surface area contributed by atoms with E-state index in [1.807, 2.05) is 41.3 Å². The van der Waals surface area contributed by atoms with Crippen molar-refractivity contribution < 1.29 is 19.4 Å². The van der Waals surface area contributed by atoms with Crippen molar-refractivity contribution in [1.29, 1.82) is 0 Å². The number of carbonyl (C=O) groups excluding carboxylic acids is 1. The summed E-state index contributed by atoms with van der Waals surface area (Å²) >= 11 is 0. The van der Waals surface area contributed by atoms with E-state index in [2.05, 4.69) is 0 Å². The lowest BCUT2D eigenvalue weighted by atomic mass is 9.88. The number of aliphatic carboxylic acids is 1. The minimum atomic E-state index is -0.883. The Morgan fingerprint density at radius 2 is 1.77 bits per heavy atom. The number of Topliss-reactive ketones (excluding diaryl/α,β-unsaturated/α-hetero) is 1. The second-order valence-electron chi connectivity index (χ2n) is 6.56. The van der Waals surface area contributed by atoms with Gasteiger partial charge in [0.25, 0.3) is 0 Å². The summed E-state index contributed by atoms with van der Waals surface area (Å²) in [7, 11) is 1.57. The molecule has 1 N–H and O–H groups in total. The zero-order valence-corrected chi connectivity index (χ0v) is 14.8. The molecule has 1 aliphatic heterocycles. The second-order valence-corrected chi connectivity index (χ2v) is 6.56. The Morgan fingerprint density at radius 3 is 2.38 bits per heavy atom. The van der Waals surface area contributed by atoms with E-state index in [9.17, 15) is 14.7 Å². The monoisotopic (exact) mass is 353 g/mol. The third-order valence-corrected chi connectivity index (χ3v) is 4.97. The van der Waals surface area contributed by atoms with Crippen molar-refractivity contribution in [2.75, 3.05) is 20.2 Å². The van der Waals surface area contributed by atoms with Crippen LogP contribution in [0.2, 0.25) is 0 Å². The molecule has 2 aromatic carbocycles. The smallest absolute Gasteiger partial charge is 0.325 e. The highest BCUT2D eigenvalue weighted by Gasteiger charge is 2.33. The number of benzene rings is 2. The number of piperidine rings is 1. The first-order valence-corrected chi connectivity index (χ1v) is 8.80. The molecule has 0 bridgehead atoms. The average molecular weight is 353 g/mol. The molecule has 0 radical (unpaired) electrons. The largest absolute Gasteiger partial charge is 0.497 e. The molecule has 136 valence electrons. The lowest BCUT2D eigenvalue weighted by Crippen LogP contribution is -2.41. The lowest BCUT2D eigenvalue weighted by Gasteiger charge is -2.35. The maximum absolute atomic E-state index is 12.6. The number of ketones is 1. The topological polar surface area (TPSA) is 66.8 Å². The van der Waals surface area contributed by atoms with Crippen molar-refractivity contribution in [2.24, 2.45) is 5.92 Å². The fraction of sp³-hybridized carbons (Fsp3) is 0.333. The summed E-state index contributed by atoms with van der Waals surface area (Å²) in [6.45, 7) is 1.16. The third kappa shape index (κ3) is 3.94. The summed E-state index contributed by atoms with van der Waals surface area (Å²) in [6, 6.07) is 15.8. The Bertz CT molecular complexity index is 767. The summed E-state index contributed by atoms with van der Waals surface area (Å²) in [6.07, 6.45) is 1.34. The van der Waals surface area contributed by atoms with Gasteiger partial charge in [-0.3, -0.25) is 14.5 Å². The predicted molar refractivity (Wildman–Crippen MR) is 98.4 cm³/mol. The number of carboxylic acid groups (broad SMARTS) is 1. The Balaban J connectivity index is 1.70. The van der Waals surface area contributed by atoms with Gasteiger partial charge in [0.2, 0.25) is 0 Å². The fourth-order valence-electron chi connectivity index (χ4n) is 3.58. The van der Waals surface area contributed by atoms with Crippen molar-refractivity contribution >= 4 is 11.8 Å². The van der Waals surface area contributed by atoms with E-state index in [0.717, 1.165) is 5.56 Å². The zero-order valence-electron chi connectivity index (χ0n) is 14.8. The maximum Gasteiger partial charge on any atom is 0.325 e. The minimum Gasteiger partial charge on any atom is -0.497 e. The van der Waals surface area contributed by atoms with Crippen LogP contribution in [-0.2, 0) is 4.79 Å². The highest BCUT2D eigenvalue weighted by molar-refractivity contribution is 5.97. The van der Waals surface area contributed by atoms with Crippen LogP contribution in [0.15, 0.2) is 54.6 Å². The Kier molecular flexibility index (Phi) is 5.68. The van der Waals surface area contributed by atoms with Gasteiger partial charge in [-0.1, -0.05) is 42.5 Å². The quantitative estimate of drug-likeness (QED) is 0.806. The van der Waals surface area contributed by atoms with Crippen molar-refractivity contribution in [3.05, 3.63) is 65.7 Å². The lowest BCUT2D eigenvalue weighted by molar-refractivity contribution is -0.144. The first-order valence-electron chi connectivity index (χ1n) is 8.80. The average Bonchev–Trinajstić information content (AvgIpc) is 2.69. The molecule has 5 heteroatoms. The standard InChI is InChI=1S/C21H23NO4/c1-26-18-9-5-8-17(14-18)19(21(24)25)22-12-10-16(11-13-22)20(23)15-6-3-2-4-7-15/h2-9,14,16,19H,10-13H2,1H3,(H,24,25). The molecule has 0 aliphatic carbocycles. The molecule has 0 amide bonds. The predicted octanol–water partition coefficient (Wildman–Crippen LogP) is 3.42. The van der Waals surface area contributed by atoms with Gasteiger partial charge >= 0.3 is 5.97 Å². The van der Waals surface area contributed by atoms with Crippen LogP contribution in [0.5, 0.6) is 5.75 Å². The van der Waals surface area contributed by atoms with Gasteiger partial charge in [-0.05, 0) is 43.6 Å². The molecule has 5 nitrogen and oxygen atoms in total. The second kappa shape index (κ2) is 8.15. The van der Waals surface area contributed by atoms with Gasteiger partial charge in [0.05, 0.1) is 7.11 Å². The van der Waals surface area contributed by atoms with E-state index in [0.29, 0.717) is 37.2 Å². The highest BCUT2D eigenvalue weighted by atomic mass is 16.5. The number of ether oxygens (including phenoxy) is 1. The van der Waals surface area contributed by atoms with E-state index >= 15 is 0 Å². The molecule has 1 atom stereocenters. The Morgan fingerprint density at radius 1 is 1.08 bits per heavy atom. The first kappa shape index (κ1) is 18.1. The van der Waals surface area contributed by atoms with Crippen molar-refractivity contribution in [3.63, 3.8) is 0 Å². The number of hydrogen-bond acceptors (Lipinski definition) is 4. The number of carbonyl (C=O) groups is 2. The van der Waals surface area contributed by atoms with E-state index in [1.165, 1.54) is 0 Å². The summed E-state index contributed by atoms with van der Waals surface area (Å²) in [5.74, 6) is -0.138. The molecule has 0 spiro atoms. The zero-order chi connectivity index (χ0) is 18.5. The normalized spacial score (nSPS) is 16.8. The molecule has 0 aromatic heterocycles. The summed E-state index contributed by atoms with van der Waals surface area (Å²) < 4.78 is 5.21. The molecule has 1 fully saturated rings. The molecule has 2 aromatic rings. The molecular formula is C21H23NO4. The van der Waals surface area contributed by atoms with Gasteiger partial charge in [-0.2, -0.15) is 0 Å². The van der Waals surface area contributed by atoms with Crippen LogP contribution < -0.4 is 4.74 Å². The molecule has 0 saturated carbocycles. The highest BCUT2D eigenvalue weighted by Crippen LogP contribution is 2.30. The van der Waals surface area contributed by atoms with Gasteiger partial charge in [0.15, 0.2) is 5.78 Å². The third-order valence-electron chi connectivity index (χ3n) is 4.97. The number of hydrogen-bond donors (Lipinski definition) is 1. The number of likely N-dealkylation sites (tertiary alicyclic amines) is 1. The van der Waals surface area contributed by atoms with Crippen molar-refractivity contribution in [1.82, 2.24) is 4.90 Å². The van der Waals surface area contributed by atoms with Crippen LogP contribution in [-0.4, -0.2) is 42.0 Å². The fourth-order valence-corrected chi connectivity index (χ4v) is 3.58. The van der Waals surface area contributed by atoms with E-state index in [1.54, 1.807) is 25.3 Å². The van der Waals surface area contributed by atoms with Gasteiger partial charge in [0.1, 0.15) is 11.8 Å². The van der Waals surface area contributed by atoms with Crippen LogP contribution >= 0.6 is 0 Å². The van der Waals surface area contributed by atoms with Gasteiger partial charge in [-0.25, -0.2) is 0 Å². The van der Waals surface area contributed by atoms with E-state index in [-0.39, 0.29) is 11.7 Å². The summed E-state index contributed by atoms with van der Waals surface area (Å²) in [5.41, 5.74) is 1.43.